The van der Waals surface area contributed by atoms with E-state index in [9.17, 15) is 8.42 Å². The number of hydrogen-bond acceptors (Lipinski definition) is 3. The van der Waals surface area contributed by atoms with Crippen molar-refractivity contribution in [3.63, 3.8) is 0 Å². The fourth-order valence-electron chi connectivity index (χ4n) is 1.75. The molecule has 0 heterocycles. The summed E-state index contributed by atoms with van der Waals surface area (Å²) in [7, 11) is -3.42. The molecule has 2 atom stereocenters. The van der Waals surface area contributed by atoms with Crippen LogP contribution in [0, 0.1) is 17.2 Å². The van der Waals surface area contributed by atoms with Crippen molar-refractivity contribution in [1.29, 1.82) is 5.26 Å². The molecule has 0 aliphatic carbocycles. The van der Waals surface area contributed by atoms with Gasteiger partial charge in [0.15, 0.2) is 0 Å². The van der Waals surface area contributed by atoms with Crippen molar-refractivity contribution in [3.8, 4) is 6.07 Å². The van der Waals surface area contributed by atoms with Crippen molar-refractivity contribution in [2.75, 3.05) is 0 Å². The first-order valence-corrected chi connectivity index (χ1v) is 8.02. The van der Waals surface area contributed by atoms with Gasteiger partial charge in [-0.05, 0) is 24.5 Å². The van der Waals surface area contributed by atoms with Crippen molar-refractivity contribution in [1.82, 2.24) is 4.72 Å². The van der Waals surface area contributed by atoms with Gasteiger partial charge in [0.1, 0.15) is 0 Å². The van der Waals surface area contributed by atoms with Gasteiger partial charge in [-0.25, -0.2) is 13.1 Å². The van der Waals surface area contributed by atoms with Crippen LogP contribution >= 0.6 is 0 Å². The maximum absolute atomic E-state index is 12.1. The molecular weight excluding hydrogens is 260 g/mol. The molecule has 0 aromatic heterocycles. The van der Waals surface area contributed by atoms with Gasteiger partial charge >= 0.3 is 0 Å². The normalized spacial score (nSPS) is 14.6. The van der Waals surface area contributed by atoms with Gasteiger partial charge in [0.2, 0.25) is 10.0 Å². The first-order valence-electron chi connectivity index (χ1n) is 6.37. The van der Waals surface area contributed by atoms with Crippen LogP contribution in [-0.4, -0.2) is 14.5 Å². The van der Waals surface area contributed by atoms with E-state index in [-0.39, 0.29) is 17.7 Å². The summed E-state index contributed by atoms with van der Waals surface area (Å²) in [5, 5.41) is 8.96. The molecule has 5 heteroatoms. The minimum absolute atomic E-state index is 0.107. The van der Waals surface area contributed by atoms with Gasteiger partial charge < -0.3 is 0 Å². The van der Waals surface area contributed by atoms with E-state index in [1.54, 1.807) is 24.3 Å². The van der Waals surface area contributed by atoms with Crippen molar-refractivity contribution in [2.24, 2.45) is 5.92 Å². The van der Waals surface area contributed by atoms with E-state index < -0.39 is 10.0 Å². The standard InChI is InChI=1S/C14H20N2O2S/c1-4-11(2)12(3)16-19(17,18)10-14-8-6-5-7-13(14)9-15/h5-8,11-12,16H,4,10H2,1-3H3. The maximum atomic E-state index is 12.1. The first kappa shape index (κ1) is 15.7. The zero-order valence-electron chi connectivity index (χ0n) is 11.6. The third-order valence-corrected chi connectivity index (χ3v) is 4.77. The molecular formula is C14H20N2O2S. The largest absolute Gasteiger partial charge is 0.216 e. The highest BCUT2D eigenvalue weighted by atomic mass is 32.2. The second kappa shape index (κ2) is 6.69. The highest BCUT2D eigenvalue weighted by molar-refractivity contribution is 7.88. The second-order valence-electron chi connectivity index (χ2n) is 4.82. The van der Waals surface area contributed by atoms with Crippen LogP contribution in [0.1, 0.15) is 38.3 Å². The molecule has 0 bridgehead atoms. The van der Waals surface area contributed by atoms with Gasteiger partial charge in [0, 0.05) is 6.04 Å². The van der Waals surface area contributed by atoms with E-state index in [0.29, 0.717) is 11.1 Å². The Hall–Kier alpha value is -1.38. The monoisotopic (exact) mass is 280 g/mol. The van der Waals surface area contributed by atoms with E-state index in [4.69, 9.17) is 5.26 Å². The maximum Gasteiger partial charge on any atom is 0.216 e. The summed E-state index contributed by atoms with van der Waals surface area (Å²) in [5.41, 5.74) is 0.943. The quantitative estimate of drug-likeness (QED) is 0.870. The zero-order chi connectivity index (χ0) is 14.5. The summed E-state index contributed by atoms with van der Waals surface area (Å²) < 4.78 is 26.8. The summed E-state index contributed by atoms with van der Waals surface area (Å²) in [4.78, 5) is 0. The van der Waals surface area contributed by atoms with E-state index in [2.05, 4.69) is 4.72 Å². The third-order valence-electron chi connectivity index (χ3n) is 3.35. The Morgan fingerprint density at radius 1 is 1.32 bits per heavy atom. The number of nitrogens with zero attached hydrogens (tertiary/aromatic N) is 1. The Morgan fingerprint density at radius 2 is 1.95 bits per heavy atom. The number of nitriles is 1. The van der Waals surface area contributed by atoms with Crippen LogP contribution in [0.4, 0.5) is 0 Å². The van der Waals surface area contributed by atoms with Gasteiger partial charge in [-0.3, -0.25) is 0 Å². The van der Waals surface area contributed by atoms with Crippen LogP contribution in [0.5, 0.6) is 0 Å². The second-order valence-corrected chi connectivity index (χ2v) is 6.57. The Bertz CT molecular complexity index is 561. The molecule has 0 fully saturated rings. The van der Waals surface area contributed by atoms with Crippen LogP contribution in [0.25, 0.3) is 0 Å². The molecule has 104 valence electrons. The van der Waals surface area contributed by atoms with Crippen molar-refractivity contribution in [3.05, 3.63) is 35.4 Å². The smallest absolute Gasteiger partial charge is 0.212 e. The molecule has 1 aromatic rings. The molecule has 1 N–H and O–H groups in total. The summed E-state index contributed by atoms with van der Waals surface area (Å²) in [6.45, 7) is 5.90. The number of nitrogens with one attached hydrogen (secondary N) is 1. The predicted molar refractivity (Wildman–Crippen MR) is 75.8 cm³/mol. The minimum atomic E-state index is -3.42. The van der Waals surface area contributed by atoms with Crippen molar-refractivity contribution < 1.29 is 8.42 Å². The van der Waals surface area contributed by atoms with Crippen LogP contribution in [0.2, 0.25) is 0 Å². The fourth-order valence-corrected chi connectivity index (χ4v) is 3.30. The molecule has 19 heavy (non-hydrogen) atoms. The van der Waals surface area contributed by atoms with E-state index >= 15 is 0 Å². The number of hydrogen-bond donors (Lipinski definition) is 1. The Balaban J connectivity index is 2.83. The molecule has 0 saturated heterocycles. The summed E-state index contributed by atoms with van der Waals surface area (Å²) >= 11 is 0. The van der Waals surface area contributed by atoms with Crippen LogP contribution in [0.15, 0.2) is 24.3 Å². The van der Waals surface area contributed by atoms with Gasteiger partial charge in [-0.1, -0.05) is 38.5 Å². The highest BCUT2D eigenvalue weighted by Crippen LogP contribution is 2.13. The Kier molecular flexibility index (Phi) is 5.52. The van der Waals surface area contributed by atoms with E-state index in [0.717, 1.165) is 6.42 Å². The van der Waals surface area contributed by atoms with E-state index in [1.165, 1.54) is 0 Å². The van der Waals surface area contributed by atoms with Gasteiger partial charge in [-0.2, -0.15) is 5.26 Å². The third kappa shape index (κ3) is 4.66. The lowest BCUT2D eigenvalue weighted by molar-refractivity contribution is 0.434. The van der Waals surface area contributed by atoms with E-state index in [1.807, 2.05) is 26.8 Å². The molecule has 1 rings (SSSR count). The molecule has 0 radical (unpaired) electrons. The Labute approximate surface area is 115 Å². The van der Waals surface area contributed by atoms with Gasteiger partial charge in [0.05, 0.1) is 17.4 Å². The molecule has 0 aliphatic heterocycles. The van der Waals surface area contributed by atoms with Gasteiger partial charge in [0.25, 0.3) is 0 Å². The molecule has 4 nitrogen and oxygen atoms in total. The zero-order valence-corrected chi connectivity index (χ0v) is 12.4. The Morgan fingerprint density at radius 3 is 2.53 bits per heavy atom. The van der Waals surface area contributed by atoms with Crippen molar-refractivity contribution in [2.45, 2.75) is 39.0 Å². The fraction of sp³-hybridized carbons (Fsp3) is 0.500. The minimum Gasteiger partial charge on any atom is -0.212 e. The topological polar surface area (TPSA) is 70.0 Å². The molecule has 0 aliphatic rings. The first-order chi connectivity index (χ1) is 8.89. The van der Waals surface area contributed by atoms with Gasteiger partial charge in [-0.15, -0.1) is 0 Å². The van der Waals surface area contributed by atoms with Crippen LogP contribution < -0.4 is 4.72 Å². The lowest BCUT2D eigenvalue weighted by Crippen LogP contribution is -2.37. The number of sulfonamides is 1. The summed E-state index contributed by atoms with van der Waals surface area (Å²) in [5.74, 6) is 0.123. The molecule has 0 amide bonds. The van der Waals surface area contributed by atoms with Crippen molar-refractivity contribution >= 4 is 10.0 Å². The predicted octanol–water partition coefficient (Wildman–Crippen LogP) is 2.41. The lowest BCUT2D eigenvalue weighted by atomic mass is 10.0. The highest BCUT2D eigenvalue weighted by Gasteiger charge is 2.19. The van der Waals surface area contributed by atoms with Crippen LogP contribution in [-0.2, 0) is 15.8 Å². The molecule has 1 aromatic carbocycles. The number of rotatable bonds is 6. The molecule has 0 saturated carbocycles. The lowest BCUT2D eigenvalue weighted by Gasteiger charge is -2.19. The average molecular weight is 280 g/mol. The summed E-state index contributed by atoms with van der Waals surface area (Å²) in [6, 6.07) is 8.67. The molecule has 0 spiro atoms. The summed E-state index contributed by atoms with van der Waals surface area (Å²) in [6.07, 6.45) is 0.915. The molecule has 2 unspecified atom stereocenters. The number of benzene rings is 1. The average Bonchev–Trinajstić information content (AvgIpc) is 2.37. The SMILES string of the molecule is CCC(C)C(C)NS(=O)(=O)Cc1ccccc1C#N. The van der Waals surface area contributed by atoms with Crippen LogP contribution in [0.3, 0.4) is 0 Å².